The zero-order valence-electron chi connectivity index (χ0n) is 31.6. The molecule has 5 heteroatoms. The van der Waals surface area contributed by atoms with Crippen LogP contribution in [0.4, 0.5) is 0 Å². The van der Waals surface area contributed by atoms with Gasteiger partial charge in [0.2, 0.25) is 5.71 Å². The Morgan fingerprint density at radius 3 is 1.93 bits per heavy atom. The standard InChI is InChI=1S/C54H31N3O2/c1-3-14-33(15-4-1)50-49-43-30-37(24-28-47(43)58-54(49)56-53(55-50)34-16-5-2-6-17-34)38-26-27-45(52-48(38)41-25-23-32-13-9-10-20-39(32)51(41)59-52)57-44-22-12-11-21-40(44)42-29-35-18-7-8-19-36(35)31-46(42)57/h1-31H. The van der Waals surface area contributed by atoms with Gasteiger partial charge in [-0.2, -0.15) is 4.98 Å². The Bertz CT molecular complexity index is 3840. The fraction of sp³-hybridized carbons (Fsp3) is 0. The maximum absolute atomic E-state index is 7.18. The molecule has 0 aliphatic rings. The van der Waals surface area contributed by atoms with E-state index in [0.717, 1.165) is 93.7 Å². The molecule has 0 saturated carbocycles. The lowest BCUT2D eigenvalue weighted by molar-refractivity contribution is 0.653. The van der Waals surface area contributed by atoms with Crippen molar-refractivity contribution in [1.82, 2.24) is 14.5 Å². The van der Waals surface area contributed by atoms with Gasteiger partial charge in [-0.1, -0.05) is 146 Å². The lowest BCUT2D eigenvalue weighted by Crippen LogP contribution is -1.95. The van der Waals surface area contributed by atoms with E-state index >= 15 is 0 Å². The quantitative estimate of drug-likeness (QED) is 0.180. The van der Waals surface area contributed by atoms with Gasteiger partial charge in [-0.15, -0.1) is 0 Å². The first-order valence-corrected chi connectivity index (χ1v) is 19.9. The number of furan rings is 2. The number of rotatable bonds is 4. The molecular formula is C54H31N3O2. The van der Waals surface area contributed by atoms with Crippen molar-refractivity contribution in [3.63, 3.8) is 0 Å². The summed E-state index contributed by atoms with van der Waals surface area (Å²) >= 11 is 0. The van der Waals surface area contributed by atoms with Crippen LogP contribution in [0.15, 0.2) is 197 Å². The Morgan fingerprint density at radius 2 is 1.10 bits per heavy atom. The number of hydrogen-bond donors (Lipinski definition) is 0. The van der Waals surface area contributed by atoms with Crippen molar-refractivity contribution in [1.29, 1.82) is 0 Å². The summed E-state index contributed by atoms with van der Waals surface area (Å²) in [6.45, 7) is 0. The number of hydrogen-bond acceptors (Lipinski definition) is 4. The van der Waals surface area contributed by atoms with Gasteiger partial charge in [-0.3, -0.25) is 0 Å². The Kier molecular flexibility index (Phi) is 6.66. The van der Waals surface area contributed by atoms with Gasteiger partial charge < -0.3 is 13.4 Å². The zero-order chi connectivity index (χ0) is 38.6. The predicted octanol–water partition coefficient (Wildman–Crippen LogP) is 14.7. The maximum atomic E-state index is 7.18. The minimum absolute atomic E-state index is 0.560. The molecule has 0 aliphatic carbocycles. The lowest BCUT2D eigenvalue weighted by atomic mass is 9.96. The molecule has 0 bridgehead atoms. The van der Waals surface area contributed by atoms with Crippen molar-refractivity contribution in [3.05, 3.63) is 188 Å². The van der Waals surface area contributed by atoms with Gasteiger partial charge in [0.15, 0.2) is 11.4 Å². The van der Waals surface area contributed by atoms with E-state index in [1.807, 2.05) is 48.5 Å². The summed E-state index contributed by atoms with van der Waals surface area (Å²) in [5.41, 5.74) is 11.2. The van der Waals surface area contributed by atoms with Crippen LogP contribution in [0.5, 0.6) is 0 Å². The highest BCUT2D eigenvalue weighted by Gasteiger charge is 2.24. The van der Waals surface area contributed by atoms with Crippen LogP contribution in [0.3, 0.4) is 0 Å². The van der Waals surface area contributed by atoms with Crippen molar-refractivity contribution in [2.45, 2.75) is 0 Å². The van der Waals surface area contributed by atoms with Crippen LogP contribution in [0, 0.1) is 0 Å². The fourth-order valence-corrected chi connectivity index (χ4v) is 9.29. The molecule has 274 valence electrons. The molecule has 0 aliphatic heterocycles. The number of fused-ring (bicyclic) bond motifs is 12. The van der Waals surface area contributed by atoms with Crippen molar-refractivity contribution in [2.75, 3.05) is 0 Å². The van der Waals surface area contributed by atoms with Crippen molar-refractivity contribution < 1.29 is 8.83 Å². The largest absolute Gasteiger partial charge is 0.453 e. The summed E-state index contributed by atoms with van der Waals surface area (Å²) < 4.78 is 16.1. The smallest absolute Gasteiger partial charge is 0.231 e. The van der Waals surface area contributed by atoms with Crippen LogP contribution in [-0.4, -0.2) is 14.5 Å². The summed E-state index contributed by atoms with van der Waals surface area (Å²) in [6.07, 6.45) is 0. The molecule has 59 heavy (non-hydrogen) atoms. The fourth-order valence-electron chi connectivity index (χ4n) is 9.29. The van der Waals surface area contributed by atoms with Crippen LogP contribution in [-0.2, 0) is 0 Å². The molecule has 0 saturated heterocycles. The second-order valence-corrected chi connectivity index (χ2v) is 15.3. The molecule has 4 heterocycles. The molecule has 0 radical (unpaired) electrons. The molecule has 0 spiro atoms. The van der Waals surface area contributed by atoms with E-state index in [9.17, 15) is 0 Å². The summed E-state index contributed by atoms with van der Waals surface area (Å²) in [5, 5.41) is 11.0. The molecule has 13 rings (SSSR count). The number of aromatic nitrogens is 3. The predicted molar refractivity (Wildman–Crippen MR) is 242 cm³/mol. The highest BCUT2D eigenvalue weighted by Crippen LogP contribution is 2.46. The molecule has 0 atom stereocenters. The third-order valence-electron chi connectivity index (χ3n) is 12.0. The van der Waals surface area contributed by atoms with Gasteiger partial charge in [0.1, 0.15) is 11.2 Å². The lowest BCUT2D eigenvalue weighted by Gasteiger charge is -2.12. The highest BCUT2D eigenvalue weighted by atomic mass is 16.3. The summed E-state index contributed by atoms with van der Waals surface area (Å²) in [5.74, 6) is 0.628. The summed E-state index contributed by atoms with van der Waals surface area (Å²) in [6, 6.07) is 66.2. The van der Waals surface area contributed by atoms with Crippen molar-refractivity contribution >= 4 is 87.4 Å². The molecule has 0 amide bonds. The minimum atomic E-state index is 0.560. The second kappa shape index (κ2) is 12.2. The highest BCUT2D eigenvalue weighted by molar-refractivity contribution is 6.22. The van der Waals surface area contributed by atoms with Crippen LogP contribution in [0.25, 0.3) is 127 Å². The Labute approximate surface area is 337 Å². The summed E-state index contributed by atoms with van der Waals surface area (Å²) in [4.78, 5) is 10.2. The van der Waals surface area contributed by atoms with Gasteiger partial charge in [0.25, 0.3) is 0 Å². The van der Waals surface area contributed by atoms with Crippen LogP contribution in [0.2, 0.25) is 0 Å². The molecule has 0 fully saturated rings. The summed E-state index contributed by atoms with van der Waals surface area (Å²) in [7, 11) is 0. The van der Waals surface area contributed by atoms with Gasteiger partial charge in [0.05, 0.1) is 27.8 Å². The van der Waals surface area contributed by atoms with E-state index in [4.69, 9.17) is 18.8 Å². The van der Waals surface area contributed by atoms with Crippen LogP contribution < -0.4 is 0 Å². The minimum Gasteiger partial charge on any atom is -0.453 e. The van der Waals surface area contributed by atoms with Gasteiger partial charge in [-0.05, 0) is 69.8 Å². The zero-order valence-corrected chi connectivity index (χ0v) is 31.6. The van der Waals surface area contributed by atoms with Crippen molar-refractivity contribution in [3.8, 4) is 39.5 Å². The van der Waals surface area contributed by atoms with E-state index in [2.05, 4.69) is 144 Å². The third-order valence-corrected chi connectivity index (χ3v) is 12.0. The van der Waals surface area contributed by atoms with Gasteiger partial charge in [-0.25, -0.2) is 4.98 Å². The number of para-hydroxylation sites is 1. The normalized spacial score (nSPS) is 12.1. The Morgan fingerprint density at radius 1 is 0.390 bits per heavy atom. The third kappa shape index (κ3) is 4.73. The van der Waals surface area contributed by atoms with Crippen molar-refractivity contribution in [2.24, 2.45) is 0 Å². The molecule has 13 aromatic rings. The topological polar surface area (TPSA) is 57.0 Å². The van der Waals surface area contributed by atoms with Crippen LogP contribution >= 0.6 is 0 Å². The first-order chi connectivity index (χ1) is 29.2. The maximum Gasteiger partial charge on any atom is 0.231 e. The van der Waals surface area contributed by atoms with E-state index < -0.39 is 0 Å². The average Bonchev–Trinajstić information content (AvgIpc) is 3.98. The number of benzene rings is 9. The molecule has 5 nitrogen and oxygen atoms in total. The first-order valence-electron chi connectivity index (χ1n) is 19.9. The monoisotopic (exact) mass is 753 g/mol. The van der Waals surface area contributed by atoms with E-state index in [0.29, 0.717) is 11.5 Å². The molecular weight excluding hydrogens is 723 g/mol. The van der Waals surface area contributed by atoms with Gasteiger partial charge >= 0.3 is 0 Å². The average molecular weight is 754 g/mol. The van der Waals surface area contributed by atoms with E-state index in [-0.39, 0.29) is 0 Å². The number of nitrogens with zero attached hydrogens (tertiary/aromatic N) is 3. The Hall–Kier alpha value is -8.02. The molecule has 0 unspecified atom stereocenters. The molecule has 4 aromatic heterocycles. The molecule has 9 aromatic carbocycles. The van der Waals surface area contributed by atoms with E-state index in [1.165, 1.54) is 21.5 Å². The van der Waals surface area contributed by atoms with Crippen LogP contribution in [0.1, 0.15) is 0 Å². The van der Waals surface area contributed by atoms with E-state index in [1.54, 1.807) is 0 Å². The molecule has 0 N–H and O–H groups in total. The first kappa shape index (κ1) is 32.1. The van der Waals surface area contributed by atoms with Gasteiger partial charge in [0, 0.05) is 43.4 Å². The second-order valence-electron chi connectivity index (χ2n) is 15.3. The SMILES string of the molecule is c1ccc(-c2nc(-c3ccccc3)c3c(n2)oc2ccc(-c4ccc(-n5c6ccccc6c6cc7ccccc7cc65)c5oc6c7ccccc7ccc6c45)cc23)cc1. The Balaban J connectivity index is 1.11.